The fourth-order valence-corrected chi connectivity index (χ4v) is 5.16. The van der Waals surface area contributed by atoms with Gasteiger partial charge in [0.15, 0.2) is 45.2 Å². The second-order valence-corrected chi connectivity index (χ2v) is 10.5. The van der Waals surface area contributed by atoms with E-state index in [9.17, 15) is 28.7 Å². The fourth-order valence-electron chi connectivity index (χ4n) is 4.86. The SMILES string of the molecule is C.C.C#C[C@]1(CO)O[C@@H](n2cnc3c(N)nc(F)nc32)C[C@H]1O.C#C[C@]1(CO[P+](=O)O)O[C@@H](n2cnc3c(N)nc(F)nc32)C[C@H]1O. The molecule has 6 heterocycles. The predicted octanol–water partition coefficient (Wildman–Crippen LogP) is 0.330. The second kappa shape index (κ2) is 14.1. The molecule has 21 heteroatoms. The average Bonchev–Trinajstić information content (AvgIpc) is 3.76. The van der Waals surface area contributed by atoms with Crippen LogP contribution in [0.2, 0.25) is 0 Å². The van der Waals surface area contributed by atoms with Crippen molar-refractivity contribution in [3.05, 3.63) is 24.8 Å². The van der Waals surface area contributed by atoms with Gasteiger partial charge in [0, 0.05) is 17.4 Å². The van der Waals surface area contributed by atoms with E-state index >= 15 is 0 Å². The number of terminal acetylenes is 2. The third-order valence-corrected chi connectivity index (χ3v) is 7.54. The zero-order chi connectivity index (χ0) is 32.7. The summed E-state index contributed by atoms with van der Waals surface area (Å²) in [5, 5.41) is 29.6. The molecule has 4 aromatic heterocycles. The molecule has 2 aliphatic heterocycles. The molecule has 2 saturated heterocycles. The van der Waals surface area contributed by atoms with Gasteiger partial charge in [-0.2, -0.15) is 28.7 Å². The van der Waals surface area contributed by atoms with Crippen LogP contribution in [0.3, 0.4) is 0 Å². The number of hydrogen-bond donors (Lipinski definition) is 6. The van der Waals surface area contributed by atoms with Crippen molar-refractivity contribution < 1.29 is 47.6 Å². The van der Waals surface area contributed by atoms with Crippen LogP contribution in [0.4, 0.5) is 20.4 Å². The summed E-state index contributed by atoms with van der Waals surface area (Å²) in [6.07, 6.45) is 7.57. The summed E-state index contributed by atoms with van der Waals surface area (Å²) >= 11 is 0. The first-order valence-corrected chi connectivity index (χ1v) is 13.9. The summed E-state index contributed by atoms with van der Waals surface area (Å²) < 4.78 is 55.9. The van der Waals surface area contributed by atoms with E-state index in [1.54, 1.807) is 0 Å². The normalized spacial score (nSPS) is 26.9. The summed E-state index contributed by atoms with van der Waals surface area (Å²) in [4.78, 5) is 30.8. The first kappa shape index (κ1) is 37.0. The van der Waals surface area contributed by atoms with E-state index in [4.69, 9.17) is 38.7 Å². The van der Waals surface area contributed by atoms with Gasteiger partial charge in [0.2, 0.25) is 0 Å². The van der Waals surface area contributed by atoms with Crippen molar-refractivity contribution in [2.75, 3.05) is 24.7 Å². The maximum absolute atomic E-state index is 13.4. The molecule has 6 rings (SSSR count). The molecular weight excluding hydrogens is 649 g/mol. The van der Waals surface area contributed by atoms with Crippen molar-refractivity contribution in [1.29, 1.82) is 0 Å². The van der Waals surface area contributed by atoms with Crippen molar-refractivity contribution in [2.24, 2.45) is 0 Å². The molecule has 2 fully saturated rings. The lowest BCUT2D eigenvalue weighted by Gasteiger charge is -2.23. The number of aromatic nitrogens is 8. The smallest absolute Gasteiger partial charge is 0.392 e. The predicted molar refractivity (Wildman–Crippen MR) is 160 cm³/mol. The number of rotatable bonds is 6. The van der Waals surface area contributed by atoms with Gasteiger partial charge in [-0.05, 0) is 0 Å². The van der Waals surface area contributed by atoms with Crippen LogP contribution in [0.1, 0.15) is 40.2 Å². The number of nitrogen functional groups attached to an aromatic ring is 2. The van der Waals surface area contributed by atoms with Crippen molar-refractivity contribution in [3.8, 4) is 24.7 Å². The fraction of sp³-hybridized carbons (Fsp3) is 0.462. The molecular formula is C26H32F2N10O8P+. The lowest BCUT2D eigenvalue weighted by Crippen LogP contribution is -2.42. The van der Waals surface area contributed by atoms with Crippen LogP contribution in [0.15, 0.2) is 12.7 Å². The van der Waals surface area contributed by atoms with Gasteiger partial charge >= 0.3 is 20.4 Å². The van der Waals surface area contributed by atoms with Crippen LogP contribution < -0.4 is 11.5 Å². The number of aliphatic hydroxyl groups is 3. The van der Waals surface area contributed by atoms with Gasteiger partial charge < -0.3 is 36.3 Å². The quantitative estimate of drug-likeness (QED) is 0.0909. The van der Waals surface area contributed by atoms with E-state index < -0.39 is 69.5 Å². The topological polar surface area (TPSA) is 265 Å². The van der Waals surface area contributed by atoms with Gasteiger partial charge in [0.05, 0.1) is 19.3 Å². The lowest BCUT2D eigenvalue weighted by atomic mass is 9.99. The molecule has 0 radical (unpaired) electrons. The molecule has 8 N–H and O–H groups in total. The van der Waals surface area contributed by atoms with Gasteiger partial charge in [0.1, 0.15) is 31.3 Å². The third-order valence-electron chi connectivity index (χ3n) is 7.19. The summed E-state index contributed by atoms with van der Waals surface area (Å²) in [6.45, 7) is -1.04. The van der Waals surface area contributed by atoms with Crippen LogP contribution in [0.25, 0.3) is 22.3 Å². The highest BCUT2D eigenvalue weighted by Gasteiger charge is 2.50. The van der Waals surface area contributed by atoms with Gasteiger partial charge in [-0.3, -0.25) is 9.13 Å². The highest BCUT2D eigenvalue weighted by atomic mass is 31.1. The highest BCUT2D eigenvalue weighted by Crippen LogP contribution is 2.40. The number of nitrogens with two attached hydrogens (primary N) is 2. The third kappa shape index (κ3) is 6.67. The Kier molecular flexibility index (Phi) is 11.1. The second-order valence-electron chi connectivity index (χ2n) is 9.79. The number of halogens is 2. The molecule has 7 atom stereocenters. The summed E-state index contributed by atoms with van der Waals surface area (Å²) in [7, 11) is -2.91. The van der Waals surface area contributed by atoms with E-state index in [1.165, 1.54) is 21.8 Å². The van der Waals surface area contributed by atoms with Crippen molar-refractivity contribution in [3.63, 3.8) is 0 Å². The highest BCUT2D eigenvalue weighted by molar-refractivity contribution is 7.32. The summed E-state index contributed by atoms with van der Waals surface area (Å²) in [5.41, 5.74) is 8.61. The van der Waals surface area contributed by atoms with E-state index in [2.05, 4.69) is 46.3 Å². The maximum atomic E-state index is 13.4. The molecule has 0 saturated carbocycles. The Morgan fingerprint density at radius 2 is 1.34 bits per heavy atom. The average molecular weight is 682 g/mol. The van der Waals surface area contributed by atoms with Gasteiger partial charge in [-0.1, -0.05) is 26.7 Å². The van der Waals surface area contributed by atoms with Crippen LogP contribution in [0.5, 0.6) is 0 Å². The Hall–Kier alpha value is -4.50. The Morgan fingerprint density at radius 1 is 0.915 bits per heavy atom. The molecule has 1 unspecified atom stereocenters. The standard InChI is InChI=1S/C12H11FN5O5P.C12H12FN5O3.2CH4/c1-2-12(4-22-24(20)21)6(19)3-7(23-12)18-5-15-8-9(14)16-11(13)17-10(8)18;1-2-12(4-19)6(20)3-7(21-12)18-5-15-8-9(14)16-11(13)17-10(8)18;;/h1,5-7,19H,3-4H2,(H2-,14,16,17,20,21);1,5-7,19-20H,3-4H2,(H2,14,16,17);2*1H4/p+1/t2*6-,7-,12-;;/m11../s1. The van der Waals surface area contributed by atoms with Gasteiger partial charge in [-0.15, -0.1) is 22.3 Å². The molecule has 2 aliphatic rings. The largest absolute Gasteiger partial charge is 0.694 e. The molecule has 0 aliphatic carbocycles. The number of ether oxygens (including phenoxy) is 2. The Labute approximate surface area is 266 Å². The number of anilines is 2. The van der Waals surface area contributed by atoms with Gasteiger partial charge in [0.25, 0.3) is 0 Å². The Morgan fingerprint density at radius 3 is 1.72 bits per heavy atom. The van der Waals surface area contributed by atoms with Crippen molar-refractivity contribution in [2.45, 2.75) is 63.6 Å². The lowest BCUT2D eigenvalue weighted by molar-refractivity contribution is -0.0891. The molecule has 0 amide bonds. The summed E-state index contributed by atoms with van der Waals surface area (Å²) in [6, 6.07) is 0. The van der Waals surface area contributed by atoms with E-state index in [1.807, 2.05) is 0 Å². The van der Waals surface area contributed by atoms with E-state index in [-0.39, 0.29) is 61.7 Å². The van der Waals surface area contributed by atoms with Crippen LogP contribution in [0, 0.1) is 36.8 Å². The Balaban J connectivity index is 0.000000247. The molecule has 0 aromatic carbocycles. The zero-order valence-corrected chi connectivity index (χ0v) is 23.7. The zero-order valence-electron chi connectivity index (χ0n) is 22.8. The van der Waals surface area contributed by atoms with Crippen molar-refractivity contribution in [1.82, 2.24) is 39.0 Å². The number of aliphatic hydroxyl groups excluding tert-OH is 3. The first-order valence-electron chi connectivity index (χ1n) is 12.7. The summed E-state index contributed by atoms with van der Waals surface area (Å²) in [5.74, 6) is 4.26. The first-order chi connectivity index (χ1) is 21.4. The molecule has 18 nitrogen and oxygen atoms in total. The van der Waals surface area contributed by atoms with E-state index in [0.717, 1.165) is 0 Å². The minimum Gasteiger partial charge on any atom is -0.392 e. The van der Waals surface area contributed by atoms with Crippen molar-refractivity contribution >= 4 is 42.2 Å². The molecule has 0 spiro atoms. The minimum atomic E-state index is -2.91. The van der Waals surface area contributed by atoms with Crippen LogP contribution in [-0.2, 0) is 18.6 Å². The molecule has 4 aromatic rings. The Bertz CT molecular complexity index is 1860. The van der Waals surface area contributed by atoms with E-state index in [0.29, 0.717) is 0 Å². The molecule has 0 bridgehead atoms. The number of imidazole rings is 2. The molecule has 252 valence electrons. The number of nitrogens with zero attached hydrogens (tertiary/aromatic N) is 8. The maximum Gasteiger partial charge on any atom is 0.694 e. The number of fused-ring (bicyclic) bond motifs is 2. The van der Waals surface area contributed by atoms with Gasteiger partial charge in [-0.25, -0.2) is 9.97 Å². The van der Waals surface area contributed by atoms with Crippen LogP contribution >= 0.6 is 8.25 Å². The minimum absolute atomic E-state index is 0. The number of hydrogen-bond acceptors (Lipinski definition) is 15. The van der Waals surface area contributed by atoms with Crippen LogP contribution in [-0.4, -0.2) is 95.9 Å². The monoisotopic (exact) mass is 681 g/mol. The molecule has 47 heavy (non-hydrogen) atoms.